The van der Waals surface area contributed by atoms with Crippen LogP contribution in [0.4, 0.5) is 5.00 Å². The SMILES string of the molecule is CCOC(=O)c1c(-c2cccc3ccccc23)csc1NC(=O)C1CCC1. The van der Waals surface area contributed by atoms with Gasteiger partial charge in [-0.2, -0.15) is 0 Å². The van der Waals surface area contributed by atoms with Crippen molar-refractivity contribution in [3.05, 3.63) is 53.4 Å². The van der Waals surface area contributed by atoms with Crippen LogP contribution in [0.5, 0.6) is 0 Å². The van der Waals surface area contributed by atoms with Crippen LogP contribution in [0.3, 0.4) is 0 Å². The van der Waals surface area contributed by atoms with E-state index in [1.165, 1.54) is 11.3 Å². The molecule has 1 aromatic heterocycles. The minimum Gasteiger partial charge on any atom is -0.462 e. The molecule has 1 aliphatic carbocycles. The molecule has 0 bridgehead atoms. The first-order valence-electron chi connectivity index (χ1n) is 9.26. The third-order valence-corrected chi connectivity index (χ3v) is 5.96. The second-order valence-electron chi connectivity index (χ2n) is 6.72. The van der Waals surface area contributed by atoms with E-state index in [0.717, 1.165) is 41.2 Å². The molecule has 1 saturated carbocycles. The number of benzene rings is 2. The third-order valence-electron chi connectivity index (χ3n) is 5.06. The van der Waals surface area contributed by atoms with Gasteiger partial charge in [0, 0.05) is 16.9 Å². The normalized spacial score (nSPS) is 14.0. The smallest absolute Gasteiger partial charge is 0.341 e. The average Bonchev–Trinajstić information content (AvgIpc) is 3.03. The number of ether oxygens (including phenoxy) is 1. The molecular formula is C22H21NO3S. The summed E-state index contributed by atoms with van der Waals surface area (Å²) in [7, 11) is 0. The Hall–Kier alpha value is -2.66. The third kappa shape index (κ3) is 3.35. The van der Waals surface area contributed by atoms with Crippen molar-refractivity contribution < 1.29 is 14.3 Å². The van der Waals surface area contributed by atoms with Gasteiger partial charge in [-0.05, 0) is 36.1 Å². The summed E-state index contributed by atoms with van der Waals surface area (Å²) in [6.07, 6.45) is 2.93. The maximum atomic E-state index is 12.7. The molecule has 2 aromatic carbocycles. The average molecular weight is 379 g/mol. The van der Waals surface area contributed by atoms with E-state index >= 15 is 0 Å². The minimum atomic E-state index is -0.398. The molecule has 1 heterocycles. The van der Waals surface area contributed by atoms with Crippen LogP contribution >= 0.6 is 11.3 Å². The van der Waals surface area contributed by atoms with Crippen LogP contribution < -0.4 is 5.32 Å². The van der Waals surface area contributed by atoms with Crippen LogP contribution in [-0.4, -0.2) is 18.5 Å². The highest BCUT2D eigenvalue weighted by atomic mass is 32.1. The molecule has 1 aliphatic rings. The first kappa shape index (κ1) is 17.7. The fourth-order valence-corrected chi connectivity index (χ4v) is 4.35. The lowest BCUT2D eigenvalue weighted by atomic mass is 9.85. The lowest BCUT2D eigenvalue weighted by molar-refractivity contribution is -0.122. The Balaban J connectivity index is 1.80. The number of amides is 1. The van der Waals surface area contributed by atoms with Crippen molar-refractivity contribution in [3.8, 4) is 11.1 Å². The monoisotopic (exact) mass is 379 g/mol. The van der Waals surface area contributed by atoms with Gasteiger partial charge in [-0.1, -0.05) is 48.9 Å². The minimum absolute atomic E-state index is 0.00174. The molecule has 0 unspecified atom stereocenters. The Kier molecular flexibility index (Phi) is 4.94. The number of anilines is 1. The second-order valence-corrected chi connectivity index (χ2v) is 7.60. The van der Waals surface area contributed by atoms with Crippen LogP contribution in [-0.2, 0) is 9.53 Å². The summed E-state index contributed by atoms with van der Waals surface area (Å²) in [6, 6.07) is 14.1. The van der Waals surface area contributed by atoms with Gasteiger partial charge in [-0.3, -0.25) is 4.79 Å². The molecule has 0 aliphatic heterocycles. The van der Waals surface area contributed by atoms with Crippen molar-refractivity contribution in [2.45, 2.75) is 26.2 Å². The predicted octanol–water partition coefficient (Wildman–Crippen LogP) is 5.48. The van der Waals surface area contributed by atoms with Crippen molar-refractivity contribution in [2.24, 2.45) is 5.92 Å². The molecule has 3 aromatic rings. The van der Waals surface area contributed by atoms with Crippen LogP contribution in [0.1, 0.15) is 36.5 Å². The topological polar surface area (TPSA) is 55.4 Å². The molecule has 0 atom stereocenters. The molecule has 5 heteroatoms. The number of hydrogen-bond acceptors (Lipinski definition) is 4. The number of carbonyl (C=O) groups is 2. The number of hydrogen-bond donors (Lipinski definition) is 1. The summed E-state index contributed by atoms with van der Waals surface area (Å²) in [4.78, 5) is 25.2. The van der Waals surface area contributed by atoms with Crippen molar-refractivity contribution in [1.82, 2.24) is 0 Å². The van der Waals surface area contributed by atoms with Crippen molar-refractivity contribution >= 4 is 39.0 Å². The maximum Gasteiger partial charge on any atom is 0.341 e. The number of fused-ring (bicyclic) bond motifs is 1. The fourth-order valence-electron chi connectivity index (χ4n) is 3.40. The number of rotatable bonds is 5. The molecule has 0 spiro atoms. The van der Waals surface area contributed by atoms with Crippen LogP contribution in [0.2, 0.25) is 0 Å². The van der Waals surface area contributed by atoms with Gasteiger partial charge in [0.2, 0.25) is 5.91 Å². The highest BCUT2D eigenvalue weighted by Crippen LogP contribution is 2.40. The summed E-state index contributed by atoms with van der Waals surface area (Å²) in [5.41, 5.74) is 2.22. The van der Waals surface area contributed by atoms with Crippen LogP contribution in [0.15, 0.2) is 47.8 Å². The highest BCUT2D eigenvalue weighted by molar-refractivity contribution is 7.15. The number of esters is 1. The summed E-state index contributed by atoms with van der Waals surface area (Å²) < 4.78 is 5.30. The molecule has 1 N–H and O–H groups in total. The van der Waals surface area contributed by atoms with Gasteiger partial charge < -0.3 is 10.1 Å². The molecule has 138 valence electrons. The summed E-state index contributed by atoms with van der Waals surface area (Å²) in [6.45, 7) is 2.08. The Morgan fingerprint density at radius 3 is 2.63 bits per heavy atom. The number of nitrogens with one attached hydrogen (secondary N) is 1. The first-order chi connectivity index (χ1) is 13.2. The van der Waals surface area contributed by atoms with Gasteiger partial charge in [-0.25, -0.2) is 4.79 Å². The van der Waals surface area contributed by atoms with E-state index in [4.69, 9.17) is 4.74 Å². The lowest BCUT2D eigenvalue weighted by Crippen LogP contribution is -2.28. The van der Waals surface area contributed by atoms with E-state index < -0.39 is 5.97 Å². The highest BCUT2D eigenvalue weighted by Gasteiger charge is 2.28. The standard InChI is InChI=1S/C22H21NO3S/c1-2-26-22(25)19-18(13-27-21(19)23-20(24)15-9-5-10-15)17-12-6-8-14-7-3-4-11-16(14)17/h3-4,6-8,11-13,15H,2,5,9-10H2,1H3,(H,23,24). The van der Waals surface area contributed by atoms with E-state index in [0.29, 0.717) is 17.2 Å². The van der Waals surface area contributed by atoms with Gasteiger partial charge in [0.25, 0.3) is 0 Å². The molecule has 0 saturated heterocycles. The number of thiophene rings is 1. The summed E-state index contributed by atoms with van der Waals surface area (Å²) in [5.74, 6) is -0.341. The maximum absolute atomic E-state index is 12.7. The zero-order valence-electron chi connectivity index (χ0n) is 15.2. The summed E-state index contributed by atoms with van der Waals surface area (Å²) >= 11 is 1.38. The molecule has 4 nitrogen and oxygen atoms in total. The van der Waals surface area contributed by atoms with E-state index in [2.05, 4.69) is 17.4 Å². The van der Waals surface area contributed by atoms with E-state index in [9.17, 15) is 9.59 Å². The zero-order chi connectivity index (χ0) is 18.8. The second kappa shape index (κ2) is 7.53. The van der Waals surface area contributed by atoms with Crippen molar-refractivity contribution in [1.29, 1.82) is 0 Å². The molecule has 4 rings (SSSR count). The molecular weight excluding hydrogens is 358 g/mol. The van der Waals surface area contributed by atoms with E-state index in [1.807, 2.05) is 35.7 Å². The van der Waals surface area contributed by atoms with Gasteiger partial charge >= 0.3 is 5.97 Å². The molecule has 27 heavy (non-hydrogen) atoms. The van der Waals surface area contributed by atoms with Crippen LogP contribution in [0, 0.1) is 5.92 Å². The van der Waals surface area contributed by atoms with Crippen LogP contribution in [0.25, 0.3) is 21.9 Å². The lowest BCUT2D eigenvalue weighted by Gasteiger charge is -2.23. The Morgan fingerprint density at radius 1 is 1.11 bits per heavy atom. The zero-order valence-corrected chi connectivity index (χ0v) is 16.0. The molecule has 1 fully saturated rings. The summed E-state index contributed by atoms with van der Waals surface area (Å²) in [5, 5.41) is 7.66. The largest absolute Gasteiger partial charge is 0.462 e. The Labute approximate surface area is 162 Å². The van der Waals surface area contributed by atoms with Crippen molar-refractivity contribution in [2.75, 3.05) is 11.9 Å². The van der Waals surface area contributed by atoms with Gasteiger partial charge in [0.1, 0.15) is 10.6 Å². The Morgan fingerprint density at radius 2 is 1.89 bits per heavy atom. The van der Waals surface area contributed by atoms with Gasteiger partial charge in [-0.15, -0.1) is 11.3 Å². The van der Waals surface area contributed by atoms with E-state index in [1.54, 1.807) is 6.92 Å². The molecule has 0 radical (unpaired) electrons. The van der Waals surface area contributed by atoms with E-state index in [-0.39, 0.29) is 11.8 Å². The molecule has 1 amide bonds. The Bertz CT molecular complexity index is 998. The first-order valence-corrected chi connectivity index (χ1v) is 10.1. The number of carbonyl (C=O) groups excluding carboxylic acids is 2. The van der Waals surface area contributed by atoms with Gasteiger partial charge in [0.15, 0.2) is 0 Å². The van der Waals surface area contributed by atoms with Crippen molar-refractivity contribution in [3.63, 3.8) is 0 Å². The predicted molar refractivity (Wildman–Crippen MR) is 109 cm³/mol. The quantitative estimate of drug-likeness (QED) is 0.597. The fraction of sp³-hybridized carbons (Fsp3) is 0.273. The van der Waals surface area contributed by atoms with Gasteiger partial charge in [0.05, 0.1) is 6.61 Å².